The van der Waals surface area contributed by atoms with Gasteiger partial charge in [-0.15, -0.1) is 0 Å². The highest BCUT2D eigenvalue weighted by Gasteiger charge is 2.29. The van der Waals surface area contributed by atoms with Crippen LogP contribution in [0.4, 0.5) is 11.4 Å². The smallest absolute Gasteiger partial charge is 0.347 e. The van der Waals surface area contributed by atoms with Crippen molar-refractivity contribution in [1.29, 1.82) is 0 Å². The van der Waals surface area contributed by atoms with Crippen molar-refractivity contribution in [1.82, 2.24) is 0 Å². The highest BCUT2D eigenvalue weighted by Crippen LogP contribution is 2.34. The molecule has 0 aliphatic heterocycles. The number of esters is 1. The average Bonchev–Trinajstić information content (AvgIpc) is 2.38. The highest BCUT2D eigenvalue weighted by atomic mass is 79.9. The van der Waals surface area contributed by atoms with Crippen molar-refractivity contribution in [2.24, 2.45) is 5.92 Å². The first-order valence-corrected chi connectivity index (χ1v) is 6.92. The molecule has 0 aliphatic carbocycles. The summed E-state index contributed by atoms with van der Waals surface area (Å²) in [6.07, 6.45) is 0.241. The zero-order valence-electron chi connectivity index (χ0n) is 11.8. The molecular formula is C13H15BrN2O5. The minimum absolute atomic E-state index is 0.0578. The lowest BCUT2D eigenvalue weighted by molar-refractivity contribution is -0.386. The summed E-state index contributed by atoms with van der Waals surface area (Å²) >= 11 is 3.02. The predicted molar refractivity (Wildman–Crippen MR) is 80.2 cm³/mol. The number of methoxy groups -OCH3 is 1. The zero-order chi connectivity index (χ0) is 16.2. The van der Waals surface area contributed by atoms with Gasteiger partial charge < -0.3 is 10.1 Å². The van der Waals surface area contributed by atoms with Gasteiger partial charge in [-0.1, -0.05) is 13.8 Å². The molecule has 0 unspecified atom stereocenters. The maximum Gasteiger partial charge on any atom is 0.347 e. The molecule has 0 bridgehead atoms. The Morgan fingerprint density at radius 2 is 2.05 bits per heavy atom. The molecule has 0 heterocycles. The number of nitrogens with zero attached hydrogens (tertiary/aromatic N) is 1. The SMILES string of the molecule is COC(=O)c1c(NC(=O)CC(C)C)ccc(Br)c1[N+](=O)[O-]. The first-order valence-electron chi connectivity index (χ1n) is 6.13. The minimum atomic E-state index is -0.886. The minimum Gasteiger partial charge on any atom is -0.465 e. The standard InChI is InChI=1S/C13H15BrN2O5/c1-7(2)6-10(17)15-9-5-4-8(14)12(16(19)20)11(9)13(18)21-3/h4-5,7H,6H2,1-3H3,(H,15,17). The molecule has 0 saturated carbocycles. The van der Waals surface area contributed by atoms with Crippen LogP contribution in [0.1, 0.15) is 30.6 Å². The monoisotopic (exact) mass is 358 g/mol. The molecule has 21 heavy (non-hydrogen) atoms. The van der Waals surface area contributed by atoms with Crippen LogP contribution in [0.3, 0.4) is 0 Å². The molecule has 8 heteroatoms. The van der Waals surface area contributed by atoms with E-state index in [1.165, 1.54) is 12.1 Å². The molecule has 0 aromatic heterocycles. The fourth-order valence-corrected chi connectivity index (χ4v) is 2.20. The van der Waals surface area contributed by atoms with Crippen molar-refractivity contribution >= 4 is 39.2 Å². The molecule has 1 rings (SSSR count). The second-order valence-electron chi connectivity index (χ2n) is 4.71. The number of benzene rings is 1. The van der Waals surface area contributed by atoms with E-state index < -0.39 is 16.6 Å². The van der Waals surface area contributed by atoms with E-state index in [0.29, 0.717) is 0 Å². The van der Waals surface area contributed by atoms with Crippen LogP contribution in [-0.4, -0.2) is 23.9 Å². The highest BCUT2D eigenvalue weighted by molar-refractivity contribution is 9.10. The zero-order valence-corrected chi connectivity index (χ0v) is 13.4. The van der Waals surface area contributed by atoms with Gasteiger partial charge in [0.15, 0.2) is 5.56 Å². The first-order chi connectivity index (χ1) is 9.77. The van der Waals surface area contributed by atoms with Crippen LogP contribution in [-0.2, 0) is 9.53 Å². The van der Waals surface area contributed by atoms with E-state index in [4.69, 9.17) is 0 Å². The van der Waals surface area contributed by atoms with Crippen molar-refractivity contribution in [3.63, 3.8) is 0 Å². The Morgan fingerprint density at radius 1 is 1.43 bits per heavy atom. The second kappa shape index (κ2) is 7.16. The molecule has 1 N–H and O–H groups in total. The summed E-state index contributed by atoms with van der Waals surface area (Å²) in [6.45, 7) is 3.73. The van der Waals surface area contributed by atoms with Gasteiger partial charge in [0.05, 0.1) is 22.2 Å². The summed E-state index contributed by atoms with van der Waals surface area (Å²) in [4.78, 5) is 34.1. The van der Waals surface area contributed by atoms with Crippen LogP contribution < -0.4 is 5.32 Å². The molecule has 1 aromatic carbocycles. The number of nitrogens with one attached hydrogen (secondary N) is 1. The van der Waals surface area contributed by atoms with Gasteiger partial charge in [0.2, 0.25) is 5.91 Å². The number of rotatable bonds is 5. The molecular weight excluding hydrogens is 344 g/mol. The van der Waals surface area contributed by atoms with Crippen LogP contribution in [0.15, 0.2) is 16.6 Å². The van der Waals surface area contributed by atoms with Crippen molar-refractivity contribution in [3.8, 4) is 0 Å². The normalized spacial score (nSPS) is 10.3. The van der Waals surface area contributed by atoms with Gasteiger partial charge in [-0.25, -0.2) is 4.79 Å². The van der Waals surface area contributed by atoms with E-state index in [1.54, 1.807) is 0 Å². The molecule has 0 atom stereocenters. The Balaban J connectivity index is 3.32. The van der Waals surface area contributed by atoms with Crippen LogP contribution in [0.25, 0.3) is 0 Å². The number of carbonyl (C=O) groups is 2. The van der Waals surface area contributed by atoms with Crippen molar-refractivity contribution in [3.05, 3.63) is 32.3 Å². The number of anilines is 1. The number of nitro groups is 1. The number of hydrogen-bond acceptors (Lipinski definition) is 5. The lowest BCUT2D eigenvalue weighted by Gasteiger charge is -2.12. The van der Waals surface area contributed by atoms with Crippen LogP contribution in [0.2, 0.25) is 0 Å². The number of hydrogen-bond donors (Lipinski definition) is 1. The van der Waals surface area contributed by atoms with Gasteiger partial charge in [0.1, 0.15) is 0 Å². The lowest BCUT2D eigenvalue weighted by atomic mass is 10.1. The third kappa shape index (κ3) is 4.25. The number of nitro benzene ring substituents is 1. The van der Waals surface area contributed by atoms with Crippen LogP contribution >= 0.6 is 15.9 Å². The molecule has 0 spiro atoms. The summed E-state index contributed by atoms with van der Waals surface area (Å²) in [5.74, 6) is -1.09. The maximum absolute atomic E-state index is 11.8. The lowest BCUT2D eigenvalue weighted by Crippen LogP contribution is -2.18. The van der Waals surface area contributed by atoms with Gasteiger partial charge in [-0.3, -0.25) is 14.9 Å². The number of ether oxygens (including phenoxy) is 1. The fraction of sp³-hybridized carbons (Fsp3) is 0.385. The Labute approximate surface area is 129 Å². The quantitative estimate of drug-likeness (QED) is 0.495. The summed E-state index contributed by atoms with van der Waals surface area (Å²) < 4.78 is 4.70. The molecule has 114 valence electrons. The fourth-order valence-electron chi connectivity index (χ4n) is 1.73. The molecule has 0 aliphatic rings. The topological polar surface area (TPSA) is 98.5 Å². The Bertz CT molecular complexity index is 586. The summed E-state index contributed by atoms with van der Waals surface area (Å²) in [6, 6.07) is 2.82. The van der Waals surface area contributed by atoms with E-state index in [9.17, 15) is 19.7 Å². The van der Waals surface area contributed by atoms with Crippen molar-refractivity contribution < 1.29 is 19.2 Å². The number of halogens is 1. The van der Waals surface area contributed by atoms with E-state index >= 15 is 0 Å². The van der Waals surface area contributed by atoms with E-state index in [0.717, 1.165) is 7.11 Å². The summed E-state index contributed by atoms with van der Waals surface area (Å²) in [5, 5.41) is 13.6. The van der Waals surface area contributed by atoms with Gasteiger partial charge in [0.25, 0.3) is 5.69 Å². The molecule has 0 saturated heterocycles. The predicted octanol–water partition coefficient (Wildman–Crippen LogP) is 3.13. The Hall–Kier alpha value is -1.96. The largest absolute Gasteiger partial charge is 0.465 e. The molecule has 1 amide bonds. The molecule has 0 fully saturated rings. The Morgan fingerprint density at radius 3 is 2.52 bits per heavy atom. The molecule has 1 aromatic rings. The third-order valence-corrected chi connectivity index (χ3v) is 3.21. The van der Waals surface area contributed by atoms with Crippen LogP contribution in [0.5, 0.6) is 0 Å². The number of carbonyl (C=O) groups excluding carboxylic acids is 2. The van der Waals surface area contributed by atoms with E-state index in [-0.39, 0.29) is 34.0 Å². The summed E-state index contributed by atoms with van der Waals surface area (Å²) in [7, 11) is 1.12. The van der Waals surface area contributed by atoms with Crippen LogP contribution in [0, 0.1) is 16.0 Å². The maximum atomic E-state index is 11.8. The summed E-state index contributed by atoms with van der Waals surface area (Å²) in [5.41, 5.74) is -0.666. The molecule has 0 radical (unpaired) electrons. The van der Waals surface area contributed by atoms with Gasteiger partial charge in [-0.2, -0.15) is 0 Å². The first kappa shape index (κ1) is 17.1. The van der Waals surface area contributed by atoms with Gasteiger partial charge in [0, 0.05) is 6.42 Å². The average molecular weight is 359 g/mol. The Kier molecular flexibility index (Phi) is 5.83. The van der Waals surface area contributed by atoms with E-state index in [1.807, 2.05) is 13.8 Å². The number of amides is 1. The second-order valence-corrected chi connectivity index (χ2v) is 5.57. The van der Waals surface area contributed by atoms with Crippen molar-refractivity contribution in [2.45, 2.75) is 20.3 Å². The van der Waals surface area contributed by atoms with Gasteiger partial charge >= 0.3 is 5.97 Å². The van der Waals surface area contributed by atoms with E-state index in [2.05, 4.69) is 26.0 Å². The van der Waals surface area contributed by atoms with Gasteiger partial charge in [-0.05, 0) is 34.0 Å². The third-order valence-electron chi connectivity index (χ3n) is 2.57. The molecule has 7 nitrogen and oxygen atoms in total. The van der Waals surface area contributed by atoms with Crippen molar-refractivity contribution in [2.75, 3.05) is 12.4 Å².